The Bertz CT molecular complexity index is 319. The van der Waals surface area contributed by atoms with E-state index in [0.29, 0.717) is 6.42 Å². The summed E-state index contributed by atoms with van der Waals surface area (Å²) in [5, 5.41) is 9.66. The molecule has 0 saturated carbocycles. The number of carbonyl (C=O) groups is 1. The topological polar surface area (TPSA) is 55.8 Å². The largest absolute Gasteiger partial charge is 0.512 e. The van der Waals surface area contributed by atoms with E-state index in [1.165, 1.54) is 0 Å². The lowest BCUT2D eigenvalue weighted by Gasteiger charge is -2.39. The van der Waals surface area contributed by atoms with Gasteiger partial charge < -0.3 is 14.6 Å². The smallest absolute Gasteiger partial charge is 0.308 e. The Hall–Kier alpha value is -1.03. The van der Waals surface area contributed by atoms with Gasteiger partial charge in [-0.2, -0.15) is 0 Å². The first-order valence-electron chi connectivity index (χ1n) is 6.09. The van der Waals surface area contributed by atoms with Gasteiger partial charge in [-0.05, 0) is 26.3 Å². The van der Waals surface area contributed by atoms with Crippen molar-refractivity contribution in [3.63, 3.8) is 0 Å². The Morgan fingerprint density at radius 1 is 1.53 bits per heavy atom. The highest BCUT2D eigenvalue weighted by molar-refractivity contribution is 5.69. The standard InChI is InChI=1S/C13H22O4/c1-5-6-7-11(15)16-13(4)9-10(14)8-12(2,3)17-13/h8,14H,5-7,9H2,1-4H3. The molecule has 1 aliphatic heterocycles. The SMILES string of the molecule is CCCCC(=O)OC1(C)CC(O)=CC(C)(C)O1. The van der Waals surface area contributed by atoms with Crippen molar-refractivity contribution in [2.24, 2.45) is 0 Å². The van der Waals surface area contributed by atoms with Crippen molar-refractivity contribution < 1.29 is 19.4 Å². The summed E-state index contributed by atoms with van der Waals surface area (Å²) in [5.41, 5.74) is -0.623. The van der Waals surface area contributed by atoms with E-state index >= 15 is 0 Å². The molecule has 1 heterocycles. The first kappa shape index (κ1) is 14.0. The zero-order chi connectivity index (χ0) is 13.1. The predicted molar refractivity (Wildman–Crippen MR) is 64.5 cm³/mol. The van der Waals surface area contributed by atoms with Gasteiger partial charge in [-0.25, -0.2) is 0 Å². The van der Waals surface area contributed by atoms with Gasteiger partial charge in [0.25, 0.3) is 0 Å². The zero-order valence-corrected chi connectivity index (χ0v) is 11.1. The van der Waals surface area contributed by atoms with Crippen molar-refractivity contribution in [2.45, 2.75) is 64.8 Å². The first-order valence-corrected chi connectivity index (χ1v) is 6.09. The van der Waals surface area contributed by atoms with E-state index < -0.39 is 11.4 Å². The average molecular weight is 242 g/mol. The molecule has 1 unspecified atom stereocenters. The summed E-state index contributed by atoms with van der Waals surface area (Å²) < 4.78 is 11.0. The van der Waals surface area contributed by atoms with Crippen molar-refractivity contribution in [3.8, 4) is 0 Å². The molecule has 0 saturated heterocycles. The summed E-state index contributed by atoms with van der Waals surface area (Å²) in [6.45, 7) is 7.34. The lowest BCUT2D eigenvalue weighted by molar-refractivity contribution is -0.260. The molecular weight excluding hydrogens is 220 g/mol. The minimum atomic E-state index is -1.06. The molecule has 0 bridgehead atoms. The lowest BCUT2D eigenvalue weighted by atomic mass is 10.00. The second-order valence-corrected chi connectivity index (χ2v) is 5.23. The van der Waals surface area contributed by atoms with Crippen LogP contribution < -0.4 is 0 Å². The van der Waals surface area contributed by atoms with Crippen LogP contribution in [0.2, 0.25) is 0 Å². The maximum Gasteiger partial charge on any atom is 0.308 e. The van der Waals surface area contributed by atoms with Crippen LogP contribution in [0, 0.1) is 0 Å². The van der Waals surface area contributed by atoms with E-state index in [0.717, 1.165) is 12.8 Å². The molecule has 98 valence electrons. The van der Waals surface area contributed by atoms with E-state index in [1.807, 2.05) is 20.8 Å². The maximum absolute atomic E-state index is 11.6. The van der Waals surface area contributed by atoms with E-state index in [4.69, 9.17) is 9.47 Å². The summed E-state index contributed by atoms with van der Waals surface area (Å²) in [6.07, 6.45) is 3.98. The first-order chi connectivity index (χ1) is 7.76. The Morgan fingerprint density at radius 2 is 2.18 bits per heavy atom. The molecule has 1 rings (SSSR count). The highest BCUT2D eigenvalue weighted by Gasteiger charge is 2.40. The van der Waals surface area contributed by atoms with Crippen LogP contribution in [-0.2, 0) is 14.3 Å². The number of esters is 1. The van der Waals surface area contributed by atoms with Crippen molar-refractivity contribution in [3.05, 3.63) is 11.8 Å². The minimum absolute atomic E-state index is 0.201. The van der Waals surface area contributed by atoms with Crippen LogP contribution >= 0.6 is 0 Å². The molecule has 4 nitrogen and oxygen atoms in total. The molecule has 0 radical (unpaired) electrons. The van der Waals surface area contributed by atoms with Gasteiger partial charge in [0.1, 0.15) is 0 Å². The third-order valence-corrected chi connectivity index (χ3v) is 2.56. The summed E-state index contributed by atoms with van der Waals surface area (Å²) in [5.74, 6) is -1.14. The van der Waals surface area contributed by atoms with Crippen LogP contribution in [0.1, 0.15) is 53.4 Å². The van der Waals surface area contributed by atoms with Crippen LogP contribution in [0.15, 0.2) is 11.8 Å². The molecule has 0 aliphatic carbocycles. The maximum atomic E-state index is 11.6. The average Bonchev–Trinajstić information content (AvgIpc) is 2.09. The molecule has 4 heteroatoms. The zero-order valence-electron chi connectivity index (χ0n) is 11.1. The fraction of sp³-hybridized carbons (Fsp3) is 0.769. The van der Waals surface area contributed by atoms with Gasteiger partial charge >= 0.3 is 5.97 Å². The summed E-state index contributed by atoms with van der Waals surface area (Å²) in [6, 6.07) is 0. The summed E-state index contributed by atoms with van der Waals surface area (Å²) in [7, 11) is 0. The fourth-order valence-electron chi connectivity index (χ4n) is 2.07. The highest BCUT2D eigenvalue weighted by Crippen LogP contribution is 2.34. The molecule has 0 amide bonds. The van der Waals surface area contributed by atoms with Crippen LogP contribution in [0.3, 0.4) is 0 Å². The number of aliphatic hydroxyl groups is 1. The molecule has 0 aromatic heterocycles. The van der Waals surface area contributed by atoms with Gasteiger partial charge in [0.2, 0.25) is 5.79 Å². The van der Waals surface area contributed by atoms with E-state index in [1.54, 1.807) is 13.0 Å². The minimum Gasteiger partial charge on any atom is -0.512 e. The number of ether oxygens (including phenoxy) is 2. The van der Waals surface area contributed by atoms with Crippen LogP contribution in [0.5, 0.6) is 0 Å². The van der Waals surface area contributed by atoms with Crippen molar-refractivity contribution in [1.82, 2.24) is 0 Å². The molecule has 1 aliphatic rings. The molecule has 0 fully saturated rings. The number of unbranched alkanes of at least 4 members (excludes halogenated alkanes) is 1. The van der Waals surface area contributed by atoms with Crippen molar-refractivity contribution in [1.29, 1.82) is 0 Å². The number of aliphatic hydroxyl groups excluding tert-OH is 1. The molecule has 1 N–H and O–H groups in total. The van der Waals surface area contributed by atoms with Crippen LogP contribution in [0.4, 0.5) is 0 Å². The second-order valence-electron chi connectivity index (χ2n) is 5.23. The van der Waals surface area contributed by atoms with Crippen LogP contribution in [-0.4, -0.2) is 22.5 Å². The quantitative estimate of drug-likeness (QED) is 0.770. The predicted octanol–water partition coefficient (Wildman–Crippen LogP) is 3.08. The third kappa shape index (κ3) is 4.38. The Labute approximate surface area is 103 Å². The summed E-state index contributed by atoms with van der Waals surface area (Å²) >= 11 is 0. The Kier molecular flexibility index (Phi) is 4.20. The summed E-state index contributed by atoms with van der Waals surface area (Å²) in [4.78, 5) is 11.6. The van der Waals surface area contributed by atoms with Gasteiger partial charge in [-0.1, -0.05) is 13.3 Å². The van der Waals surface area contributed by atoms with E-state index in [-0.39, 0.29) is 18.1 Å². The molecular formula is C13H22O4. The van der Waals surface area contributed by atoms with Gasteiger partial charge in [-0.3, -0.25) is 4.79 Å². The van der Waals surface area contributed by atoms with Gasteiger partial charge in [0.15, 0.2) is 0 Å². The molecule has 0 aromatic rings. The molecule has 1 atom stereocenters. The van der Waals surface area contributed by atoms with E-state index in [2.05, 4.69) is 0 Å². The number of hydrogen-bond acceptors (Lipinski definition) is 4. The number of carbonyl (C=O) groups excluding carboxylic acids is 1. The van der Waals surface area contributed by atoms with Gasteiger partial charge in [0.05, 0.1) is 17.8 Å². The van der Waals surface area contributed by atoms with Crippen molar-refractivity contribution >= 4 is 5.97 Å². The monoisotopic (exact) mass is 242 g/mol. The van der Waals surface area contributed by atoms with Gasteiger partial charge in [-0.15, -0.1) is 0 Å². The van der Waals surface area contributed by atoms with Gasteiger partial charge in [0, 0.05) is 13.3 Å². The number of hydrogen-bond donors (Lipinski definition) is 1. The van der Waals surface area contributed by atoms with E-state index in [9.17, 15) is 9.90 Å². The third-order valence-electron chi connectivity index (χ3n) is 2.56. The Morgan fingerprint density at radius 3 is 2.71 bits per heavy atom. The Balaban J connectivity index is 2.64. The molecule has 0 aromatic carbocycles. The van der Waals surface area contributed by atoms with Crippen LogP contribution in [0.25, 0.3) is 0 Å². The van der Waals surface area contributed by atoms with Crippen molar-refractivity contribution in [2.75, 3.05) is 0 Å². The fourth-order valence-corrected chi connectivity index (χ4v) is 2.07. The normalized spacial score (nSPS) is 27.4. The molecule has 17 heavy (non-hydrogen) atoms. The highest BCUT2D eigenvalue weighted by atomic mass is 16.7. The second kappa shape index (κ2) is 5.08. The lowest BCUT2D eigenvalue weighted by Crippen LogP contribution is -2.45. The molecule has 0 spiro atoms. The number of rotatable bonds is 4.